The summed E-state index contributed by atoms with van der Waals surface area (Å²) in [5.74, 6) is 0.352. The number of aliphatic hydroxyl groups is 1. The van der Waals surface area contributed by atoms with E-state index in [2.05, 4.69) is 5.32 Å². The average molecular weight is 207 g/mol. The van der Waals surface area contributed by atoms with Crippen LogP contribution in [0.2, 0.25) is 0 Å². The van der Waals surface area contributed by atoms with Crippen LogP contribution in [-0.2, 0) is 6.42 Å². The molecule has 3 heteroatoms. The van der Waals surface area contributed by atoms with Crippen molar-refractivity contribution in [1.29, 1.82) is 0 Å². The van der Waals surface area contributed by atoms with Gasteiger partial charge in [0, 0.05) is 12.6 Å². The molecule has 15 heavy (non-hydrogen) atoms. The largest absolute Gasteiger partial charge is 0.508 e. The highest BCUT2D eigenvalue weighted by Crippen LogP contribution is 2.32. The average Bonchev–Trinajstić information content (AvgIpc) is 2.61. The molecule has 0 fully saturated rings. The fourth-order valence-electron chi connectivity index (χ4n) is 2.17. The molecular weight excluding hydrogens is 190 g/mol. The molecular formula is C12H17NO2. The molecule has 1 aromatic rings. The third kappa shape index (κ3) is 2.30. The quantitative estimate of drug-likeness (QED) is 0.653. The summed E-state index contributed by atoms with van der Waals surface area (Å²) in [5, 5.41) is 21.5. The number of hydrogen-bond acceptors (Lipinski definition) is 3. The normalized spacial score (nSPS) is 19.1. The Morgan fingerprint density at radius 2 is 2.27 bits per heavy atom. The maximum Gasteiger partial charge on any atom is 0.115 e. The first kappa shape index (κ1) is 10.5. The zero-order valence-electron chi connectivity index (χ0n) is 8.74. The highest BCUT2D eigenvalue weighted by atomic mass is 16.3. The monoisotopic (exact) mass is 207 g/mol. The molecule has 0 heterocycles. The van der Waals surface area contributed by atoms with E-state index in [0.717, 1.165) is 25.8 Å². The van der Waals surface area contributed by atoms with Gasteiger partial charge in [-0.1, -0.05) is 6.07 Å². The molecule has 1 unspecified atom stereocenters. The SMILES string of the molecule is OCCCNC1CCc2cc(O)ccc21. The molecule has 1 aliphatic rings. The van der Waals surface area contributed by atoms with Gasteiger partial charge in [-0.2, -0.15) is 0 Å². The third-order valence-electron chi connectivity index (χ3n) is 2.93. The van der Waals surface area contributed by atoms with Gasteiger partial charge in [0.1, 0.15) is 5.75 Å². The maximum absolute atomic E-state index is 9.34. The summed E-state index contributed by atoms with van der Waals surface area (Å²) in [6.07, 6.45) is 2.91. The summed E-state index contributed by atoms with van der Waals surface area (Å²) < 4.78 is 0. The topological polar surface area (TPSA) is 52.5 Å². The van der Waals surface area contributed by atoms with Gasteiger partial charge < -0.3 is 15.5 Å². The Bertz CT molecular complexity index is 338. The van der Waals surface area contributed by atoms with Crippen LogP contribution in [0.3, 0.4) is 0 Å². The van der Waals surface area contributed by atoms with Crippen LogP contribution in [0.4, 0.5) is 0 Å². The van der Waals surface area contributed by atoms with Crippen LogP contribution in [0.15, 0.2) is 18.2 Å². The number of aromatic hydroxyl groups is 1. The van der Waals surface area contributed by atoms with Crippen LogP contribution in [0.25, 0.3) is 0 Å². The minimum Gasteiger partial charge on any atom is -0.508 e. The molecule has 1 atom stereocenters. The number of rotatable bonds is 4. The summed E-state index contributed by atoms with van der Waals surface area (Å²) in [6.45, 7) is 1.09. The minimum atomic E-state index is 0.238. The molecule has 2 rings (SSSR count). The second-order valence-corrected chi connectivity index (χ2v) is 4.01. The summed E-state index contributed by atoms with van der Waals surface area (Å²) in [6, 6.07) is 5.98. The zero-order chi connectivity index (χ0) is 10.7. The highest BCUT2D eigenvalue weighted by molar-refractivity contribution is 5.39. The van der Waals surface area contributed by atoms with Crippen LogP contribution in [-0.4, -0.2) is 23.4 Å². The van der Waals surface area contributed by atoms with Crippen LogP contribution in [0.5, 0.6) is 5.75 Å². The van der Waals surface area contributed by atoms with Crippen molar-refractivity contribution < 1.29 is 10.2 Å². The Kier molecular flexibility index (Phi) is 3.23. The zero-order valence-corrected chi connectivity index (χ0v) is 8.74. The molecule has 0 radical (unpaired) electrons. The van der Waals surface area contributed by atoms with Gasteiger partial charge in [-0.3, -0.25) is 0 Å². The molecule has 0 aliphatic heterocycles. The van der Waals surface area contributed by atoms with Crippen molar-refractivity contribution in [2.75, 3.05) is 13.2 Å². The van der Waals surface area contributed by atoms with Gasteiger partial charge in [0.15, 0.2) is 0 Å². The fraction of sp³-hybridized carbons (Fsp3) is 0.500. The van der Waals surface area contributed by atoms with Crippen molar-refractivity contribution in [1.82, 2.24) is 5.32 Å². The van der Waals surface area contributed by atoms with Crippen LogP contribution in [0.1, 0.15) is 30.0 Å². The summed E-state index contributed by atoms with van der Waals surface area (Å²) in [5.41, 5.74) is 2.54. The lowest BCUT2D eigenvalue weighted by Gasteiger charge is -2.13. The lowest BCUT2D eigenvalue weighted by Crippen LogP contribution is -2.21. The van der Waals surface area contributed by atoms with Crippen molar-refractivity contribution in [2.24, 2.45) is 0 Å². The Balaban J connectivity index is 2.02. The molecule has 1 aromatic carbocycles. The number of nitrogens with one attached hydrogen (secondary N) is 1. The molecule has 3 nitrogen and oxygen atoms in total. The van der Waals surface area contributed by atoms with Gasteiger partial charge in [-0.05, 0) is 49.1 Å². The predicted octanol–water partition coefficient (Wildman–Crippen LogP) is 1.35. The van der Waals surface area contributed by atoms with E-state index in [-0.39, 0.29) is 6.61 Å². The number of hydrogen-bond donors (Lipinski definition) is 3. The van der Waals surface area contributed by atoms with Gasteiger partial charge in [0.05, 0.1) is 0 Å². The second-order valence-electron chi connectivity index (χ2n) is 4.01. The maximum atomic E-state index is 9.34. The van der Waals surface area contributed by atoms with Gasteiger partial charge in [-0.15, -0.1) is 0 Å². The van der Waals surface area contributed by atoms with Crippen molar-refractivity contribution >= 4 is 0 Å². The Labute approximate surface area is 89.8 Å². The summed E-state index contributed by atoms with van der Waals surface area (Å²) in [7, 11) is 0. The smallest absolute Gasteiger partial charge is 0.115 e. The third-order valence-corrected chi connectivity index (χ3v) is 2.93. The van der Waals surface area contributed by atoms with E-state index in [4.69, 9.17) is 5.11 Å². The molecule has 1 aliphatic carbocycles. The highest BCUT2D eigenvalue weighted by Gasteiger charge is 2.21. The van der Waals surface area contributed by atoms with E-state index in [1.54, 1.807) is 6.07 Å². The minimum absolute atomic E-state index is 0.238. The van der Waals surface area contributed by atoms with E-state index in [0.29, 0.717) is 11.8 Å². The Morgan fingerprint density at radius 1 is 1.40 bits per heavy atom. The fourth-order valence-corrected chi connectivity index (χ4v) is 2.17. The van der Waals surface area contributed by atoms with Crippen molar-refractivity contribution in [3.8, 4) is 5.75 Å². The van der Waals surface area contributed by atoms with Gasteiger partial charge in [0.25, 0.3) is 0 Å². The molecule has 0 bridgehead atoms. The van der Waals surface area contributed by atoms with Gasteiger partial charge in [0.2, 0.25) is 0 Å². The van der Waals surface area contributed by atoms with E-state index < -0.39 is 0 Å². The van der Waals surface area contributed by atoms with E-state index >= 15 is 0 Å². The first-order valence-electron chi connectivity index (χ1n) is 5.47. The second kappa shape index (κ2) is 4.64. The van der Waals surface area contributed by atoms with Crippen LogP contribution >= 0.6 is 0 Å². The van der Waals surface area contributed by atoms with Crippen LogP contribution in [0, 0.1) is 0 Å². The molecule has 0 saturated heterocycles. The molecule has 0 saturated carbocycles. The standard InChI is InChI=1S/C12H17NO2/c14-7-1-6-13-12-5-2-9-8-10(15)3-4-11(9)12/h3-4,8,12-15H,1-2,5-7H2. The van der Waals surface area contributed by atoms with Crippen molar-refractivity contribution in [2.45, 2.75) is 25.3 Å². The van der Waals surface area contributed by atoms with E-state index in [1.165, 1.54) is 11.1 Å². The molecule has 0 spiro atoms. The number of fused-ring (bicyclic) bond motifs is 1. The first-order valence-corrected chi connectivity index (χ1v) is 5.47. The summed E-state index contributed by atoms with van der Waals surface area (Å²) >= 11 is 0. The molecule has 0 amide bonds. The Morgan fingerprint density at radius 3 is 3.07 bits per heavy atom. The van der Waals surface area contributed by atoms with Gasteiger partial charge in [-0.25, -0.2) is 0 Å². The lowest BCUT2D eigenvalue weighted by molar-refractivity contribution is 0.283. The predicted molar refractivity (Wildman–Crippen MR) is 58.9 cm³/mol. The number of aliphatic hydroxyl groups excluding tert-OH is 1. The lowest BCUT2D eigenvalue weighted by atomic mass is 10.1. The van der Waals surface area contributed by atoms with E-state index in [1.807, 2.05) is 12.1 Å². The number of benzene rings is 1. The number of phenolic OH excluding ortho intramolecular Hbond substituents is 1. The van der Waals surface area contributed by atoms with Crippen LogP contribution < -0.4 is 5.32 Å². The first-order chi connectivity index (χ1) is 7.31. The van der Waals surface area contributed by atoms with E-state index in [9.17, 15) is 5.11 Å². The number of aryl methyl sites for hydroxylation is 1. The van der Waals surface area contributed by atoms with Crippen molar-refractivity contribution in [3.05, 3.63) is 29.3 Å². The molecule has 82 valence electrons. The molecule has 0 aromatic heterocycles. The number of phenols is 1. The Hall–Kier alpha value is -1.06. The van der Waals surface area contributed by atoms with Gasteiger partial charge >= 0.3 is 0 Å². The molecule has 3 N–H and O–H groups in total. The van der Waals surface area contributed by atoms with Crippen molar-refractivity contribution in [3.63, 3.8) is 0 Å². The summed E-state index contributed by atoms with van der Waals surface area (Å²) in [4.78, 5) is 0.